The Hall–Kier alpha value is -1.63. The topological polar surface area (TPSA) is 100 Å². The third-order valence-electron chi connectivity index (χ3n) is 5.25. The summed E-state index contributed by atoms with van der Waals surface area (Å²) in [7, 11) is 1.83. The van der Waals surface area contributed by atoms with Gasteiger partial charge in [-0.1, -0.05) is 0 Å². The lowest BCUT2D eigenvalue weighted by atomic mass is 10.0. The standard InChI is InChI=1S/C21H34N6O3.HI/c1-5-22-20(24-15-21(3,28)17-12-25-26(4)14-17)23-13-18(19-7-6-16(2)30-19)27-8-10-29-11-9-27;/h6-7,12,14,18,28H,5,8-11,13,15H2,1-4H3,(H2,22,23,24);1H. The van der Waals surface area contributed by atoms with Crippen molar-refractivity contribution in [2.24, 2.45) is 12.0 Å². The van der Waals surface area contributed by atoms with E-state index in [4.69, 9.17) is 9.15 Å². The molecule has 2 aromatic rings. The van der Waals surface area contributed by atoms with Crippen molar-refractivity contribution < 1.29 is 14.3 Å². The molecule has 0 amide bonds. The molecule has 1 fully saturated rings. The Morgan fingerprint density at radius 2 is 2.06 bits per heavy atom. The van der Waals surface area contributed by atoms with Gasteiger partial charge in [-0.3, -0.25) is 9.58 Å². The molecule has 10 heteroatoms. The van der Waals surface area contributed by atoms with Crippen LogP contribution in [0.5, 0.6) is 0 Å². The summed E-state index contributed by atoms with van der Waals surface area (Å²) in [6, 6.07) is 4.10. The van der Waals surface area contributed by atoms with Crippen molar-refractivity contribution >= 4 is 29.9 Å². The molecular weight excluding hydrogens is 511 g/mol. The number of ether oxygens (including phenoxy) is 1. The molecule has 1 saturated heterocycles. The van der Waals surface area contributed by atoms with Gasteiger partial charge < -0.3 is 24.9 Å². The fourth-order valence-electron chi connectivity index (χ4n) is 3.49. The van der Waals surface area contributed by atoms with E-state index in [0.717, 1.165) is 49.9 Å². The van der Waals surface area contributed by atoms with Gasteiger partial charge in [-0.25, -0.2) is 4.99 Å². The molecule has 0 saturated carbocycles. The van der Waals surface area contributed by atoms with Crippen molar-refractivity contribution in [3.05, 3.63) is 41.6 Å². The van der Waals surface area contributed by atoms with E-state index < -0.39 is 5.60 Å². The summed E-state index contributed by atoms with van der Waals surface area (Å²) in [5.41, 5.74) is -0.361. The number of nitrogens with one attached hydrogen (secondary N) is 2. The number of hydrogen-bond acceptors (Lipinski definition) is 6. The van der Waals surface area contributed by atoms with E-state index in [2.05, 4.69) is 25.6 Å². The van der Waals surface area contributed by atoms with Crippen LogP contribution in [-0.4, -0.2) is 71.7 Å². The number of aromatic nitrogens is 2. The van der Waals surface area contributed by atoms with E-state index in [1.807, 2.05) is 39.2 Å². The maximum absolute atomic E-state index is 10.8. The SMILES string of the molecule is CCNC(=NCC(C)(O)c1cnn(C)c1)NCC(c1ccc(C)o1)N1CCOCC1.I. The highest BCUT2D eigenvalue weighted by molar-refractivity contribution is 14.0. The Balaban J connectivity index is 0.00000341. The Labute approximate surface area is 201 Å². The number of hydrogen-bond donors (Lipinski definition) is 3. The van der Waals surface area contributed by atoms with Crippen molar-refractivity contribution in [3.8, 4) is 0 Å². The number of furan rings is 1. The average Bonchev–Trinajstić information content (AvgIpc) is 3.36. The molecule has 2 atom stereocenters. The molecule has 1 aliphatic rings. The summed E-state index contributed by atoms with van der Waals surface area (Å²) in [5, 5.41) is 21.6. The van der Waals surface area contributed by atoms with Crippen molar-refractivity contribution in [2.75, 3.05) is 45.9 Å². The normalized spacial score (nSPS) is 18.2. The van der Waals surface area contributed by atoms with Gasteiger partial charge in [0.25, 0.3) is 0 Å². The molecular formula is C21H35IN6O3. The Morgan fingerprint density at radius 3 is 2.65 bits per heavy atom. The van der Waals surface area contributed by atoms with Crippen LogP contribution in [0.25, 0.3) is 0 Å². The largest absolute Gasteiger partial charge is 0.465 e. The molecule has 9 nitrogen and oxygen atoms in total. The quantitative estimate of drug-likeness (QED) is 0.264. The Kier molecular flexibility index (Phi) is 9.79. The van der Waals surface area contributed by atoms with E-state index in [9.17, 15) is 5.11 Å². The van der Waals surface area contributed by atoms with Gasteiger partial charge >= 0.3 is 0 Å². The number of rotatable bonds is 8. The van der Waals surface area contributed by atoms with Crippen LogP contribution in [0.4, 0.5) is 0 Å². The molecule has 31 heavy (non-hydrogen) atoms. The Bertz CT molecular complexity index is 829. The molecule has 0 spiro atoms. The predicted octanol–water partition coefficient (Wildman–Crippen LogP) is 1.78. The number of aliphatic imine (C=N–C) groups is 1. The van der Waals surface area contributed by atoms with E-state index >= 15 is 0 Å². The van der Waals surface area contributed by atoms with Crippen LogP contribution < -0.4 is 10.6 Å². The van der Waals surface area contributed by atoms with Gasteiger partial charge in [0.1, 0.15) is 17.1 Å². The van der Waals surface area contributed by atoms with E-state index in [0.29, 0.717) is 12.5 Å². The summed E-state index contributed by atoms with van der Waals surface area (Å²) < 4.78 is 13.1. The minimum absolute atomic E-state index is 0. The van der Waals surface area contributed by atoms with Crippen LogP contribution in [0.1, 0.15) is 37.0 Å². The molecule has 3 N–H and O–H groups in total. The summed E-state index contributed by atoms with van der Waals surface area (Å²) in [4.78, 5) is 6.99. The molecule has 2 unspecified atom stereocenters. The lowest BCUT2D eigenvalue weighted by molar-refractivity contribution is 0.0124. The first-order chi connectivity index (χ1) is 14.4. The highest BCUT2D eigenvalue weighted by Gasteiger charge is 2.27. The minimum Gasteiger partial charge on any atom is -0.465 e. The monoisotopic (exact) mass is 546 g/mol. The number of aliphatic hydroxyl groups is 1. The smallest absolute Gasteiger partial charge is 0.191 e. The van der Waals surface area contributed by atoms with Crippen molar-refractivity contribution in [2.45, 2.75) is 32.4 Å². The Morgan fingerprint density at radius 1 is 1.32 bits per heavy atom. The fraction of sp³-hybridized carbons (Fsp3) is 0.619. The second-order valence-corrected chi connectivity index (χ2v) is 7.87. The number of halogens is 1. The maximum Gasteiger partial charge on any atom is 0.191 e. The average molecular weight is 546 g/mol. The molecule has 0 aliphatic carbocycles. The molecule has 0 aromatic carbocycles. The predicted molar refractivity (Wildman–Crippen MR) is 131 cm³/mol. The van der Waals surface area contributed by atoms with E-state index in [1.54, 1.807) is 17.8 Å². The molecule has 0 bridgehead atoms. The van der Waals surface area contributed by atoms with Gasteiger partial charge in [-0.2, -0.15) is 5.10 Å². The van der Waals surface area contributed by atoms with Crippen LogP contribution in [0.15, 0.2) is 33.9 Å². The number of nitrogens with zero attached hydrogens (tertiary/aromatic N) is 4. The maximum atomic E-state index is 10.8. The molecule has 174 valence electrons. The van der Waals surface area contributed by atoms with Gasteiger partial charge in [-0.15, -0.1) is 24.0 Å². The zero-order valence-electron chi connectivity index (χ0n) is 18.8. The lowest BCUT2D eigenvalue weighted by Crippen LogP contribution is -2.46. The van der Waals surface area contributed by atoms with Gasteiger partial charge in [0.05, 0.1) is 32.0 Å². The first-order valence-corrected chi connectivity index (χ1v) is 10.5. The molecule has 1 aliphatic heterocycles. The van der Waals surface area contributed by atoms with Crippen LogP contribution in [-0.2, 0) is 17.4 Å². The van der Waals surface area contributed by atoms with Crippen molar-refractivity contribution in [1.82, 2.24) is 25.3 Å². The summed E-state index contributed by atoms with van der Waals surface area (Å²) in [6.45, 7) is 10.5. The first kappa shape index (κ1) is 25.6. The molecule has 2 aromatic heterocycles. The number of aryl methyl sites for hydroxylation is 2. The summed E-state index contributed by atoms with van der Waals surface area (Å²) >= 11 is 0. The minimum atomic E-state index is -1.10. The summed E-state index contributed by atoms with van der Waals surface area (Å²) in [5.74, 6) is 2.49. The third-order valence-corrected chi connectivity index (χ3v) is 5.25. The van der Waals surface area contributed by atoms with E-state index in [-0.39, 0.29) is 36.6 Å². The van der Waals surface area contributed by atoms with Crippen LogP contribution in [0.2, 0.25) is 0 Å². The lowest BCUT2D eigenvalue weighted by Gasteiger charge is -2.33. The van der Waals surface area contributed by atoms with Crippen LogP contribution >= 0.6 is 24.0 Å². The molecule has 0 radical (unpaired) electrons. The van der Waals surface area contributed by atoms with Crippen LogP contribution in [0.3, 0.4) is 0 Å². The van der Waals surface area contributed by atoms with Crippen LogP contribution in [0, 0.1) is 6.92 Å². The first-order valence-electron chi connectivity index (χ1n) is 10.5. The molecule has 3 rings (SSSR count). The van der Waals surface area contributed by atoms with Gasteiger partial charge in [0.15, 0.2) is 5.96 Å². The van der Waals surface area contributed by atoms with Gasteiger partial charge in [0, 0.05) is 45.0 Å². The highest BCUT2D eigenvalue weighted by atomic mass is 127. The van der Waals surface area contributed by atoms with E-state index in [1.165, 1.54) is 0 Å². The highest BCUT2D eigenvalue weighted by Crippen LogP contribution is 2.23. The molecule has 3 heterocycles. The van der Waals surface area contributed by atoms with Crippen molar-refractivity contribution in [3.63, 3.8) is 0 Å². The second kappa shape index (κ2) is 11.8. The number of morpholine rings is 1. The summed E-state index contributed by atoms with van der Waals surface area (Å²) in [6.07, 6.45) is 3.48. The van der Waals surface area contributed by atoms with Crippen molar-refractivity contribution in [1.29, 1.82) is 0 Å². The fourth-order valence-corrected chi connectivity index (χ4v) is 3.49. The second-order valence-electron chi connectivity index (χ2n) is 7.87. The third kappa shape index (κ3) is 7.19. The zero-order chi connectivity index (χ0) is 21.6. The van der Waals surface area contributed by atoms with Gasteiger partial charge in [-0.05, 0) is 32.9 Å². The zero-order valence-corrected chi connectivity index (χ0v) is 21.1. The van der Waals surface area contributed by atoms with Gasteiger partial charge in [0.2, 0.25) is 0 Å². The number of guanidine groups is 1.